The van der Waals surface area contributed by atoms with Gasteiger partial charge in [0.05, 0.1) is 12.4 Å². The van der Waals surface area contributed by atoms with Gasteiger partial charge >= 0.3 is 5.97 Å². The number of hydrogen-bond acceptors (Lipinski definition) is 4. The second kappa shape index (κ2) is 6.26. The molecule has 1 amide bonds. The highest BCUT2D eigenvalue weighted by atomic mass is 16.4. The number of carboxylic acid groups (broad SMARTS) is 1. The van der Waals surface area contributed by atoms with Crippen molar-refractivity contribution in [3.8, 4) is 0 Å². The fourth-order valence-corrected chi connectivity index (χ4v) is 2.27. The topological polar surface area (TPSA) is 92.2 Å². The highest BCUT2D eigenvalue weighted by molar-refractivity contribution is 5.92. The monoisotopic (exact) mass is 263 g/mol. The molecule has 0 bridgehead atoms. The number of aromatic nitrogens is 2. The van der Waals surface area contributed by atoms with Crippen LogP contribution in [0.3, 0.4) is 0 Å². The molecule has 0 saturated heterocycles. The van der Waals surface area contributed by atoms with E-state index in [4.69, 9.17) is 5.11 Å². The molecule has 102 valence electrons. The minimum absolute atomic E-state index is 0.154. The van der Waals surface area contributed by atoms with Gasteiger partial charge in [0.1, 0.15) is 5.69 Å². The Hall–Kier alpha value is -1.98. The minimum Gasteiger partial charge on any atom is -0.476 e. The molecule has 1 fully saturated rings. The molecule has 6 heteroatoms. The second-order valence-electron chi connectivity index (χ2n) is 4.81. The summed E-state index contributed by atoms with van der Waals surface area (Å²) in [6.45, 7) is 0.654. The molecular formula is C13H17N3O3. The zero-order valence-electron chi connectivity index (χ0n) is 10.6. The van der Waals surface area contributed by atoms with Crippen molar-refractivity contribution in [2.24, 2.45) is 5.92 Å². The molecule has 2 rings (SSSR count). The summed E-state index contributed by atoms with van der Waals surface area (Å²) >= 11 is 0. The first-order chi connectivity index (χ1) is 9.16. The molecule has 0 atom stereocenters. The third-order valence-corrected chi connectivity index (χ3v) is 3.38. The lowest BCUT2D eigenvalue weighted by molar-refractivity contribution is 0.0689. The fourth-order valence-electron chi connectivity index (χ4n) is 2.27. The van der Waals surface area contributed by atoms with Gasteiger partial charge in [0.25, 0.3) is 5.91 Å². The summed E-state index contributed by atoms with van der Waals surface area (Å²) in [5.41, 5.74) is -0.00959. The maximum absolute atomic E-state index is 11.8. The van der Waals surface area contributed by atoms with Crippen LogP contribution in [-0.4, -0.2) is 33.5 Å². The lowest BCUT2D eigenvalue weighted by Gasteiger charge is -2.21. The van der Waals surface area contributed by atoms with Crippen LogP contribution in [0.4, 0.5) is 0 Å². The average Bonchev–Trinajstić information content (AvgIpc) is 2.46. The third-order valence-electron chi connectivity index (χ3n) is 3.38. The van der Waals surface area contributed by atoms with Crippen molar-refractivity contribution in [1.82, 2.24) is 15.3 Å². The van der Waals surface area contributed by atoms with E-state index in [1.54, 1.807) is 0 Å². The first-order valence-electron chi connectivity index (χ1n) is 6.50. The Kier molecular flexibility index (Phi) is 4.43. The van der Waals surface area contributed by atoms with E-state index < -0.39 is 5.97 Å². The average molecular weight is 263 g/mol. The van der Waals surface area contributed by atoms with E-state index in [-0.39, 0.29) is 17.3 Å². The Balaban J connectivity index is 1.86. The molecule has 1 saturated carbocycles. The smallest absolute Gasteiger partial charge is 0.356 e. The summed E-state index contributed by atoms with van der Waals surface area (Å²) in [4.78, 5) is 29.9. The molecule has 1 aromatic heterocycles. The lowest BCUT2D eigenvalue weighted by Crippen LogP contribution is -2.31. The van der Waals surface area contributed by atoms with Gasteiger partial charge < -0.3 is 10.4 Å². The number of hydrogen-bond donors (Lipinski definition) is 2. The Morgan fingerprint density at radius 3 is 2.37 bits per heavy atom. The molecule has 1 aliphatic rings. The largest absolute Gasteiger partial charge is 0.476 e. The maximum Gasteiger partial charge on any atom is 0.356 e. The normalized spacial score (nSPS) is 16.0. The van der Waals surface area contributed by atoms with Crippen molar-refractivity contribution in [1.29, 1.82) is 0 Å². The van der Waals surface area contributed by atoms with Crippen LogP contribution in [0.5, 0.6) is 0 Å². The Morgan fingerprint density at radius 2 is 1.79 bits per heavy atom. The SMILES string of the molecule is O=C(O)c1cnc(C(=O)NCC2CCCCC2)cn1. The fraction of sp³-hybridized carbons (Fsp3) is 0.538. The predicted octanol–water partition coefficient (Wildman–Crippen LogP) is 1.48. The van der Waals surface area contributed by atoms with Gasteiger partial charge in [-0.2, -0.15) is 0 Å². The molecular weight excluding hydrogens is 246 g/mol. The van der Waals surface area contributed by atoms with E-state index >= 15 is 0 Å². The van der Waals surface area contributed by atoms with Gasteiger partial charge in [-0.1, -0.05) is 19.3 Å². The Labute approximate surface area is 111 Å². The quantitative estimate of drug-likeness (QED) is 0.858. The summed E-state index contributed by atoms with van der Waals surface area (Å²) in [5.74, 6) is -0.902. The summed E-state index contributed by atoms with van der Waals surface area (Å²) in [5, 5.41) is 11.5. The molecule has 1 aliphatic carbocycles. The van der Waals surface area contributed by atoms with E-state index in [9.17, 15) is 9.59 Å². The molecule has 6 nitrogen and oxygen atoms in total. The highest BCUT2D eigenvalue weighted by Gasteiger charge is 2.16. The molecule has 2 N–H and O–H groups in total. The molecule has 19 heavy (non-hydrogen) atoms. The zero-order chi connectivity index (χ0) is 13.7. The van der Waals surface area contributed by atoms with E-state index in [0.717, 1.165) is 19.0 Å². The van der Waals surface area contributed by atoms with Crippen molar-refractivity contribution in [3.63, 3.8) is 0 Å². The van der Waals surface area contributed by atoms with Crippen LogP contribution < -0.4 is 5.32 Å². The van der Waals surface area contributed by atoms with Crippen LogP contribution in [0.1, 0.15) is 53.1 Å². The van der Waals surface area contributed by atoms with Gasteiger partial charge in [-0.25, -0.2) is 14.8 Å². The van der Waals surface area contributed by atoms with E-state index in [0.29, 0.717) is 12.5 Å². The highest BCUT2D eigenvalue weighted by Crippen LogP contribution is 2.22. The van der Waals surface area contributed by atoms with Crippen LogP contribution in [0.15, 0.2) is 12.4 Å². The number of carbonyl (C=O) groups is 2. The van der Waals surface area contributed by atoms with Gasteiger partial charge in [0, 0.05) is 6.54 Å². The number of nitrogens with zero attached hydrogens (tertiary/aromatic N) is 2. The molecule has 0 radical (unpaired) electrons. The van der Waals surface area contributed by atoms with Crippen LogP contribution in [-0.2, 0) is 0 Å². The number of carbonyl (C=O) groups excluding carboxylic acids is 1. The zero-order valence-corrected chi connectivity index (χ0v) is 10.6. The van der Waals surface area contributed by atoms with Gasteiger partial charge in [0.2, 0.25) is 0 Å². The van der Waals surface area contributed by atoms with Crippen LogP contribution in [0.25, 0.3) is 0 Å². The molecule has 0 unspecified atom stereocenters. The maximum atomic E-state index is 11.8. The Morgan fingerprint density at radius 1 is 1.16 bits per heavy atom. The van der Waals surface area contributed by atoms with Gasteiger partial charge in [-0.05, 0) is 18.8 Å². The van der Waals surface area contributed by atoms with Crippen molar-refractivity contribution in [2.45, 2.75) is 32.1 Å². The summed E-state index contributed by atoms with van der Waals surface area (Å²) in [6, 6.07) is 0. The first kappa shape index (κ1) is 13.5. The van der Waals surface area contributed by atoms with Crippen LogP contribution in [0.2, 0.25) is 0 Å². The van der Waals surface area contributed by atoms with Crippen molar-refractivity contribution < 1.29 is 14.7 Å². The van der Waals surface area contributed by atoms with Crippen molar-refractivity contribution in [2.75, 3.05) is 6.54 Å². The summed E-state index contributed by atoms with van der Waals surface area (Å²) in [6.07, 6.45) is 8.35. The van der Waals surface area contributed by atoms with Gasteiger partial charge in [-0.3, -0.25) is 4.79 Å². The van der Waals surface area contributed by atoms with Crippen molar-refractivity contribution >= 4 is 11.9 Å². The lowest BCUT2D eigenvalue weighted by atomic mass is 9.89. The van der Waals surface area contributed by atoms with Gasteiger partial charge in [-0.15, -0.1) is 0 Å². The number of amides is 1. The van der Waals surface area contributed by atoms with E-state index in [1.807, 2.05) is 0 Å². The number of nitrogens with one attached hydrogen (secondary N) is 1. The number of rotatable bonds is 4. The molecule has 1 heterocycles. The summed E-state index contributed by atoms with van der Waals surface area (Å²) < 4.78 is 0. The standard InChI is InChI=1S/C13H17N3O3/c17-12(16-6-9-4-2-1-3-5-9)10-7-15-11(8-14-10)13(18)19/h7-9H,1-6H2,(H,16,17)(H,18,19). The van der Waals surface area contributed by atoms with Crippen LogP contribution in [0, 0.1) is 5.92 Å². The molecule has 0 spiro atoms. The molecule has 1 aromatic rings. The number of aromatic carboxylic acids is 1. The minimum atomic E-state index is -1.15. The van der Waals surface area contributed by atoms with E-state index in [2.05, 4.69) is 15.3 Å². The first-order valence-corrected chi connectivity index (χ1v) is 6.50. The van der Waals surface area contributed by atoms with E-state index in [1.165, 1.54) is 25.5 Å². The summed E-state index contributed by atoms with van der Waals surface area (Å²) in [7, 11) is 0. The third kappa shape index (κ3) is 3.74. The second-order valence-corrected chi connectivity index (χ2v) is 4.81. The number of carboxylic acids is 1. The molecule has 0 aromatic carbocycles. The van der Waals surface area contributed by atoms with Gasteiger partial charge in [0.15, 0.2) is 5.69 Å². The molecule has 0 aliphatic heterocycles. The Bertz CT molecular complexity index is 453. The van der Waals surface area contributed by atoms with Crippen LogP contribution >= 0.6 is 0 Å². The predicted molar refractivity (Wildman–Crippen MR) is 67.9 cm³/mol. The van der Waals surface area contributed by atoms with Crippen molar-refractivity contribution in [3.05, 3.63) is 23.8 Å².